The van der Waals surface area contributed by atoms with Crippen molar-refractivity contribution in [3.63, 3.8) is 0 Å². The van der Waals surface area contributed by atoms with Gasteiger partial charge in [-0.05, 0) is 42.9 Å². The standard InChI is InChI=1S/C19H23N3O3S/c1-3-4-5-11-25-16-9-8-15(12-17(16)24-2)21-19(26)22-18(23)14-7-6-10-20-13-14/h6-10,12-13H,3-5,11H2,1-2H3,(H2,21,22,23,26). The van der Waals surface area contributed by atoms with Crippen LogP contribution in [0.25, 0.3) is 0 Å². The van der Waals surface area contributed by atoms with Gasteiger partial charge in [0, 0.05) is 24.1 Å². The van der Waals surface area contributed by atoms with Crippen LogP contribution in [0.2, 0.25) is 0 Å². The molecule has 26 heavy (non-hydrogen) atoms. The summed E-state index contributed by atoms with van der Waals surface area (Å²) in [6.07, 6.45) is 6.36. The third kappa shape index (κ3) is 6.00. The van der Waals surface area contributed by atoms with Gasteiger partial charge in [-0.25, -0.2) is 0 Å². The largest absolute Gasteiger partial charge is 0.493 e. The molecule has 0 aliphatic heterocycles. The van der Waals surface area contributed by atoms with Gasteiger partial charge in [-0.1, -0.05) is 19.8 Å². The number of hydrogen-bond acceptors (Lipinski definition) is 5. The van der Waals surface area contributed by atoms with Gasteiger partial charge in [0.1, 0.15) is 0 Å². The quantitative estimate of drug-likeness (QED) is 0.542. The topological polar surface area (TPSA) is 72.5 Å². The second-order valence-electron chi connectivity index (χ2n) is 5.57. The number of hydrogen-bond donors (Lipinski definition) is 2. The Morgan fingerprint density at radius 1 is 1.23 bits per heavy atom. The maximum Gasteiger partial charge on any atom is 0.258 e. The SMILES string of the molecule is CCCCCOc1ccc(NC(=S)NC(=O)c2cccnc2)cc1OC. The van der Waals surface area contributed by atoms with E-state index in [0.29, 0.717) is 29.4 Å². The first-order valence-electron chi connectivity index (χ1n) is 8.47. The van der Waals surface area contributed by atoms with Gasteiger partial charge < -0.3 is 14.8 Å². The van der Waals surface area contributed by atoms with E-state index < -0.39 is 0 Å². The second kappa shape index (κ2) is 10.4. The lowest BCUT2D eigenvalue weighted by molar-refractivity contribution is 0.0977. The second-order valence-corrected chi connectivity index (χ2v) is 5.98. The zero-order valence-electron chi connectivity index (χ0n) is 15.0. The van der Waals surface area contributed by atoms with Gasteiger partial charge in [-0.15, -0.1) is 0 Å². The van der Waals surface area contributed by atoms with Gasteiger partial charge in [0.25, 0.3) is 5.91 Å². The molecule has 0 fully saturated rings. The lowest BCUT2D eigenvalue weighted by atomic mass is 10.2. The van der Waals surface area contributed by atoms with Gasteiger partial charge in [0.2, 0.25) is 0 Å². The van der Waals surface area contributed by atoms with Crippen LogP contribution in [0.4, 0.5) is 5.69 Å². The molecule has 2 N–H and O–H groups in total. The highest BCUT2D eigenvalue weighted by Gasteiger charge is 2.10. The average molecular weight is 373 g/mol. The molecule has 7 heteroatoms. The van der Waals surface area contributed by atoms with Crippen LogP contribution in [0, 0.1) is 0 Å². The highest BCUT2D eigenvalue weighted by molar-refractivity contribution is 7.80. The van der Waals surface area contributed by atoms with E-state index in [4.69, 9.17) is 21.7 Å². The Bertz CT molecular complexity index is 738. The Hall–Kier alpha value is -2.67. The maximum atomic E-state index is 12.1. The Balaban J connectivity index is 1.94. The molecule has 0 bridgehead atoms. The number of thiocarbonyl (C=S) groups is 1. The molecule has 1 aromatic heterocycles. The van der Waals surface area contributed by atoms with Gasteiger partial charge in [0.15, 0.2) is 16.6 Å². The van der Waals surface area contributed by atoms with Gasteiger partial charge in [0.05, 0.1) is 19.3 Å². The van der Waals surface area contributed by atoms with E-state index in [-0.39, 0.29) is 11.0 Å². The number of pyridine rings is 1. The van der Waals surface area contributed by atoms with Crippen molar-refractivity contribution in [3.8, 4) is 11.5 Å². The summed E-state index contributed by atoms with van der Waals surface area (Å²) < 4.78 is 11.1. The van der Waals surface area contributed by atoms with E-state index in [1.54, 1.807) is 31.5 Å². The van der Waals surface area contributed by atoms with Crippen LogP contribution < -0.4 is 20.1 Å². The molecular weight excluding hydrogens is 350 g/mol. The van der Waals surface area contributed by atoms with Crippen molar-refractivity contribution in [2.24, 2.45) is 0 Å². The van der Waals surface area contributed by atoms with Crippen LogP contribution in [0.15, 0.2) is 42.7 Å². The molecule has 0 aliphatic carbocycles. The molecule has 1 heterocycles. The molecule has 1 amide bonds. The minimum atomic E-state index is -0.321. The van der Waals surface area contributed by atoms with Crippen LogP contribution in [0.1, 0.15) is 36.5 Å². The summed E-state index contributed by atoms with van der Waals surface area (Å²) in [7, 11) is 1.58. The first-order valence-corrected chi connectivity index (χ1v) is 8.88. The number of amides is 1. The summed E-state index contributed by atoms with van der Waals surface area (Å²) in [5, 5.41) is 5.77. The summed E-state index contributed by atoms with van der Waals surface area (Å²) in [5.41, 5.74) is 1.13. The smallest absolute Gasteiger partial charge is 0.258 e. The third-order valence-electron chi connectivity index (χ3n) is 3.58. The summed E-state index contributed by atoms with van der Waals surface area (Å²) in [5.74, 6) is 0.964. The summed E-state index contributed by atoms with van der Waals surface area (Å²) >= 11 is 5.19. The molecule has 0 unspecified atom stereocenters. The zero-order chi connectivity index (χ0) is 18.8. The lowest BCUT2D eigenvalue weighted by Crippen LogP contribution is -2.34. The fourth-order valence-electron chi connectivity index (χ4n) is 2.23. The fraction of sp³-hybridized carbons (Fsp3) is 0.316. The van der Waals surface area contributed by atoms with Crippen molar-refractivity contribution in [2.75, 3.05) is 19.0 Å². The van der Waals surface area contributed by atoms with Crippen LogP contribution in [0.3, 0.4) is 0 Å². The van der Waals surface area contributed by atoms with Crippen molar-refractivity contribution < 1.29 is 14.3 Å². The minimum Gasteiger partial charge on any atom is -0.493 e. The van der Waals surface area contributed by atoms with E-state index in [1.807, 2.05) is 12.1 Å². The highest BCUT2D eigenvalue weighted by Crippen LogP contribution is 2.30. The normalized spacial score (nSPS) is 10.1. The molecule has 0 radical (unpaired) electrons. The monoisotopic (exact) mass is 373 g/mol. The summed E-state index contributed by atoms with van der Waals surface area (Å²) in [6.45, 7) is 2.80. The van der Waals surface area contributed by atoms with Gasteiger partial charge >= 0.3 is 0 Å². The fourth-order valence-corrected chi connectivity index (χ4v) is 2.44. The molecule has 0 spiro atoms. The molecule has 2 rings (SSSR count). The number of benzene rings is 1. The van der Waals surface area contributed by atoms with E-state index in [9.17, 15) is 4.79 Å². The maximum absolute atomic E-state index is 12.1. The highest BCUT2D eigenvalue weighted by atomic mass is 32.1. The van der Waals surface area contributed by atoms with Crippen molar-refractivity contribution in [1.29, 1.82) is 0 Å². The molecule has 138 valence electrons. The number of nitrogens with one attached hydrogen (secondary N) is 2. The number of nitrogens with zero attached hydrogens (tertiary/aromatic N) is 1. The molecular formula is C19H23N3O3S. The van der Waals surface area contributed by atoms with E-state index in [2.05, 4.69) is 22.5 Å². The number of methoxy groups -OCH3 is 1. The van der Waals surface area contributed by atoms with E-state index in [0.717, 1.165) is 19.3 Å². The zero-order valence-corrected chi connectivity index (χ0v) is 15.8. The van der Waals surface area contributed by atoms with E-state index in [1.165, 1.54) is 6.20 Å². The average Bonchev–Trinajstić information content (AvgIpc) is 2.66. The molecule has 0 atom stereocenters. The van der Waals surface area contributed by atoms with Gasteiger partial charge in [-0.3, -0.25) is 15.1 Å². The van der Waals surface area contributed by atoms with Crippen LogP contribution >= 0.6 is 12.2 Å². The Labute approximate surface area is 158 Å². The minimum absolute atomic E-state index is 0.192. The Kier molecular flexibility index (Phi) is 7.82. The number of rotatable bonds is 8. The van der Waals surface area contributed by atoms with Crippen molar-refractivity contribution >= 4 is 28.9 Å². The Morgan fingerprint density at radius 3 is 2.77 bits per heavy atom. The van der Waals surface area contributed by atoms with Crippen molar-refractivity contribution in [1.82, 2.24) is 10.3 Å². The number of carbonyl (C=O) groups is 1. The van der Waals surface area contributed by atoms with Crippen LogP contribution in [-0.2, 0) is 0 Å². The first kappa shape index (κ1) is 19.7. The Morgan fingerprint density at radius 2 is 2.08 bits per heavy atom. The number of ether oxygens (including phenoxy) is 2. The van der Waals surface area contributed by atoms with Gasteiger partial charge in [-0.2, -0.15) is 0 Å². The van der Waals surface area contributed by atoms with E-state index >= 15 is 0 Å². The lowest BCUT2D eigenvalue weighted by Gasteiger charge is -2.14. The number of aromatic nitrogens is 1. The molecule has 0 aliphatic rings. The van der Waals surface area contributed by atoms with Crippen molar-refractivity contribution in [2.45, 2.75) is 26.2 Å². The number of carbonyl (C=O) groups excluding carboxylic acids is 1. The predicted molar refractivity (Wildman–Crippen MR) is 106 cm³/mol. The van der Waals surface area contributed by atoms with Crippen LogP contribution in [-0.4, -0.2) is 29.7 Å². The predicted octanol–water partition coefficient (Wildman–Crippen LogP) is 3.79. The summed E-state index contributed by atoms with van der Waals surface area (Å²) in [6, 6.07) is 8.77. The molecule has 1 aromatic carbocycles. The number of anilines is 1. The van der Waals surface area contributed by atoms with Crippen molar-refractivity contribution in [3.05, 3.63) is 48.3 Å². The molecule has 6 nitrogen and oxygen atoms in total. The molecule has 2 aromatic rings. The molecule has 0 saturated heterocycles. The molecule has 0 saturated carbocycles. The summed E-state index contributed by atoms with van der Waals surface area (Å²) in [4.78, 5) is 16.0. The third-order valence-corrected chi connectivity index (χ3v) is 3.78. The number of unbranched alkanes of at least 4 members (excludes halogenated alkanes) is 2. The first-order chi connectivity index (χ1) is 12.6. The van der Waals surface area contributed by atoms with Crippen LogP contribution in [0.5, 0.6) is 11.5 Å².